The SMILES string of the molecule is CC/C=C\C/C=C\C/C=C\C/C=C\C/C=C\C/C=C\CCCCCCCCCCCCCCCCC(=O)OCC(COP(=O)(O)OCC(O)COP(=O)(O)OCC(O)COC(=O)CCCCCCCCCCCCCCCCCCCCC/C=C\C/C=C\C/C=C\C/C=C\C/C=C\CC)OC(=O)CCCCCC/C=C\C/C=C\C/C=C\C/C=C\CC. The summed E-state index contributed by atoms with van der Waals surface area (Å²) in [6.45, 7) is 2.35. The van der Waals surface area contributed by atoms with Crippen LogP contribution in [0.15, 0.2) is 182 Å². The minimum Gasteiger partial charge on any atom is -0.463 e. The molecule has 16 nitrogen and oxygen atoms in total. The lowest BCUT2D eigenvalue weighted by molar-refractivity contribution is -0.161. The number of hydrogen-bond donors (Lipinski definition) is 4. The molecule has 5 unspecified atom stereocenters. The largest absolute Gasteiger partial charge is 0.472 e. The van der Waals surface area contributed by atoms with Crippen LogP contribution in [0.25, 0.3) is 0 Å². The van der Waals surface area contributed by atoms with Gasteiger partial charge >= 0.3 is 33.6 Å². The number of phosphoric ester groups is 2. The van der Waals surface area contributed by atoms with Crippen LogP contribution in [-0.4, -0.2) is 95.9 Å². The van der Waals surface area contributed by atoms with E-state index in [4.69, 9.17) is 32.3 Å². The van der Waals surface area contributed by atoms with Gasteiger partial charge < -0.3 is 34.2 Å². The molecular weight excluding hydrogens is 1560 g/mol. The van der Waals surface area contributed by atoms with Crippen LogP contribution in [-0.2, 0) is 55.8 Å². The Hall–Kier alpha value is -5.35. The molecule has 0 saturated heterocycles. The highest BCUT2D eigenvalue weighted by Crippen LogP contribution is 2.45. The maximum atomic E-state index is 13.0. The van der Waals surface area contributed by atoms with Gasteiger partial charge in [-0.15, -0.1) is 0 Å². The molecule has 692 valence electrons. The van der Waals surface area contributed by atoms with Gasteiger partial charge in [0.25, 0.3) is 0 Å². The molecule has 0 amide bonds. The number of esters is 3. The summed E-state index contributed by atoms with van der Waals surface area (Å²) in [6, 6.07) is 0. The van der Waals surface area contributed by atoms with Gasteiger partial charge in [0, 0.05) is 19.3 Å². The lowest BCUT2D eigenvalue weighted by Gasteiger charge is -2.21. The molecule has 18 heteroatoms. The molecular formula is C103H174O16P2. The Morgan fingerprint density at radius 1 is 0.231 bits per heavy atom. The number of phosphoric acid groups is 2. The van der Waals surface area contributed by atoms with Gasteiger partial charge in [0.1, 0.15) is 25.4 Å². The summed E-state index contributed by atoms with van der Waals surface area (Å²) in [5.74, 6) is -1.59. The Kier molecular flexibility index (Phi) is 89.6. The fraction of sp³-hybridized carbons (Fsp3) is 0.680. The first-order valence-electron chi connectivity index (χ1n) is 48.1. The highest BCUT2D eigenvalue weighted by Gasteiger charge is 2.30. The van der Waals surface area contributed by atoms with Crippen molar-refractivity contribution in [3.63, 3.8) is 0 Å². The molecule has 0 radical (unpaired) electrons. The Morgan fingerprint density at radius 3 is 0.653 bits per heavy atom. The number of unbranched alkanes of at least 4 members (excludes halogenated alkanes) is 37. The van der Waals surface area contributed by atoms with Gasteiger partial charge in [-0.3, -0.25) is 32.5 Å². The van der Waals surface area contributed by atoms with Crippen molar-refractivity contribution in [2.24, 2.45) is 0 Å². The molecule has 0 saturated carbocycles. The van der Waals surface area contributed by atoms with Crippen molar-refractivity contribution in [1.82, 2.24) is 0 Å². The van der Waals surface area contributed by atoms with Crippen molar-refractivity contribution < 1.29 is 75.8 Å². The molecule has 121 heavy (non-hydrogen) atoms. The van der Waals surface area contributed by atoms with E-state index in [1.807, 2.05) is 0 Å². The average molecular weight is 1730 g/mol. The van der Waals surface area contributed by atoms with Gasteiger partial charge in [0.05, 0.1) is 26.4 Å². The van der Waals surface area contributed by atoms with E-state index in [0.717, 1.165) is 173 Å². The lowest BCUT2D eigenvalue weighted by Crippen LogP contribution is -2.30. The Labute approximate surface area is 738 Å². The molecule has 4 N–H and O–H groups in total. The van der Waals surface area contributed by atoms with Gasteiger partial charge in [-0.2, -0.15) is 0 Å². The van der Waals surface area contributed by atoms with E-state index in [-0.39, 0.29) is 19.3 Å². The molecule has 0 spiro atoms. The predicted octanol–water partition coefficient (Wildman–Crippen LogP) is 30.0. The quantitative estimate of drug-likeness (QED) is 0.0146. The first-order chi connectivity index (χ1) is 59.2. The fourth-order valence-electron chi connectivity index (χ4n) is 12.9. The first-order valence-corrected chi connectivity index (χ1v) is 51.1. The van der Waals surface area contributed by atoms with Crippen LogP contribution < -0.4 is 0 Å². The minimum atomic E-state index is -4.95. The molecule has 0 aromatic heterocycles. The van der Waals surface area contributed by atoms with E-state index < -0.39 is 91.5 Å². The van der Waals surface area contributed by atoms with Gasteiger partial charge in [-0.25, -0.2) is 9.13 Å². The van der Waals surface area contributed by atoms with Crippen molar-refractivity contribution in [2.45, 2.75) is 411 Å². The smallest absolute Gasteiger partial charge is 0.463 e. The summed E-state index contributed by atoms with van der Waals surface area (Å²) in [7, 11) is -9.82. The molecule has 0 rings (SSSR count). The van der Waals surface area contributed by atoms with Crippen LogP contribution in [0.5, 0.6) is 0 Å². The molecule has 0 fully saturated rings. The van der Waals surface area contributed by atoms with Crippen molar-refractivity contribution in [3.8, 4) is 0 Å². The number of aliphatic hydroxyl groups excluding tert-OH is 2. The monoisotopic (exact) mass is 1730 g/mol. The second-order valence-electron chi connectivity index (χ2n) is 31.7. The number of rotatable bonds is 90. The second-order valence-corrected chi connectivity index (χ2v) is 34.6. The molecule has 0 heterocycles. The number of allylic oxidation sites excluding steroid dienone is 30. The van der Waals surface area contributed by atoms with E-state index in [1.165, 1.54) is 161 Å². The summed E-state index contributed by atoms with van der Waals surface area (Å²) >= 11 is 0. The van der Waals surface area contributed by atoms with Gasteiger partial charge in [0.15, 0.2) is 6.10 Å². The summed E-state index contributed by atoms with van der Waals surface area (Å²) < 4.78 is 61.5. The van der Waals surface area contributed by atoms with E-state index in [9.17, 15) is 43.5 Å². The topological polar surface area (TPSA) is 231 Å². The summed E-state index contributed by atoms with van der Waals surface area (Å²) in [5, 5.41) is 20.7. The third-order valence-corrected chi connectivity index (χ3v) is 22.0. The van der Waals surface area contributed by atoms with Crippen LogP contribution in [0.1, 0.15) is 393 Å². The molecule has 0 aliphatic heterocycles. The van der Waals surface area contributed by atoms with Crippen molar-refractivity contribution in [2.75, 3.05) is 39.6 Å². The minimum absolute atomic E-state index is 0.0730. The Bertz CT molecular complexity index is 2930. The van der Waals surface area contributed by atoms with Gasteiger partial charge in [-0.05, 0) is 154 Å². The fourth-order valence-corrected chi connectivity index (χ4v) is 14.5. The number of aliphatic hydroxyl groups is 2. The zero-order chi connectivity index (χ0) is 87.9. The van der Waals surface area contributed by atoms with E-state index >= 15 is 0 Å². The van der Waals surface area contributed by atoms with E-state index in [1.54, 1.807) is 0 Å². The van der Waals surface area contributed by atoms with Gasteiger partial charge in [0.2, 0.25) is 0 Å². The van der Waals surface area contributed by atoms with Crippen LogP contribution in [0.3, 0.4) is 0 Å². The van der Waals surface area contributed by atoms with Crippen molar-refractivity contribution >= 4 is 33.6 Å². The van der Waals surface area contributed by atoms with Crippen LogP contribution >= 0.6 is 15.6 Å². The zero-order valence-electron chi connectivity index (χ0n) is 76.4. The third-order valence-electron chi connectivity index (χ3n) is 20.1. The maximum absolute atomic E-state index is 13.0. The lowest BCUT2D eigenvalue weighted by atomic mass is 10.0. The number of carbonyl (C=O) groups is 3. The van der Waals surface area contributed by atoms with Crippen molar-refractivity contribution in [3.05, 3.63) is 182 Å². The van der Waals surface area contributed by atoms with Crippen LogP contribution in [0.2, 0.25) is 0 Å². The van der Waals surface area contributed by atoms with E-state index in [0.29, 0.717) is 19.3 Å². The standard InChI is InChI=1S/C103H174O16P2/c1-4-7-10-13-16-19-22-25-28-31-33-35-37-39-41-43-45-47-48-50-52-53-55-57-59-61-63-66-68-71-74-77-80-83-86-89-101(106)113-92-98(104)93-115-120(109,110)116-94-99(105)95-117-121(111,112)118-97-100(119-103(108)91-88-85-82-79-76-73-70-65-30-27-24-21-18-15-12-9-6-3)96-114-102(107)90-87-84-81-78-75-72-69-67-64-62-60-58-56-54-51-49-46-44-42-40-38-36-34-32-29-26-23-20-17-14-11-8-5-2/h7-12,16-21,25-30,33-36,39-42,46,49,70,73,98-100,104-105H,4-6,13-15,22-24,31-32,37-38,43-45,47-48,50-69,71-72,74-97H2,1-3H3,(H,109,110)(H,111,112)/b10-7-,11-8-,12-9-,19-16-,20-17-,21-18-,28-25-,29-26-,30-27-,35-33-,36-34-,41-39-,42-40-,49-46-,73-70-. The second kappa shape index (κ2) is 93.8. The maximum Gasteiger partial charge on any atom is 0.472 e. The molecule has 0 aromatic carbocycles. The normalized spacial score (nSPS) is 14.5. The summed E-state index contributed by atoms with van der Waals surface area (Å²) in [5.41, 5.74) is 0. The molecule has 0 aliphatic carbocycles. The molecule has 0 aliphatic rings. The first kappa shape index (κ1) is 116. The third kappa shape index (κ3) is 95.2. The summed E-state index contributed by atoms with van der Waals surface area (Å²) in [4.78, 5) is 59.0. The van der Waals surface area contributed by atoms with Crippen LogP contribution in [0, 0.1) is 0 Å². The van der Waals surface area contributed by atoms with Gasteiger partial charge in [-0.1, -0.05) is 402 Å². The highest BCUT2D eigenvalue weighted by molar-refractivity contribution is 7.47. The van der Waals surface area contributed by atoms with Crippen molar-refractivity contribution in [1.29, 1.82) is 0 Å². The number of carbonyl (C=O) groups excluding carboxylic acids is 3. The Morgan fingerprint density at radius 2 is 0.413 bits per heavy atom. The highest BCUT2D eigenvalue weighted by atomic mass is 31.2. The molecule has 0 aromatic rings. The van der Waals surface area contributed by atoms with Crippen LogP contribution in [0.4, 0.5) is 0 Å². The average Bonchev–Trinajstić information content (AvgIpc) is 0.964. The van der Waals surface area contributed by atoms with E-state index in [2.05, 4.69) is 203 Å². The Balaban J connectivity index is 4.47. The molecule has 0 bridgehead atoms. The molecule has 5 atom stereocenters. The predicted molar refractivity (Wildman–Crippen MR) is 509 cm³/mol. The number of ether oxygens (including phenoxy) is 3. The summed E-state index contributed by atoms with van der Waals surface area (Å²) in [6.07, 6.45) is 124. The number of hydrogen-bond acceptors (Lipinski definition) is 14. The zero-order valence-corrected chi connectivity index (χ0v) is 78.2.